The van der Waals surface area contributed by atoms with Gasteiger partial charge in [-0.2, -0.15) is 0 Å². The van der Waals surface area contributed by atoms with E-state index in [1.54, 1.807) is 55.5 Å². The number of rotatable bonds is 5. The molecular formula is C25H20Cl2N4O3. The monoisotopic (exact) mass is 494 g/mol. The van der Waals surface area contributed by atoms with Gasteiger partial charge in [0.25, 0.3) is 5.91 Å². The molecule has 3 aromatic carbocycles. The Morgan fingerprint density at radius 1 is 0.824 bits per heavy atom. The van der Waals surface area contributed by atoms with Gasteiger partial charge in [0.15, 0.2) is 0 Å². The van der Waals surface area contributed by atoms with Crippen LogP contribution in [-0.4, -0.2) is 22.4 Å². The smallest absolute Gasteiger partial charge is 0.328 e. The largest absolute Gasteiger partial charge is 0.341 e. The SMILES string of the molecule is C[C@H](NC(=O)C(=O)Nn1c(C(=O)Nc2ccc(Cl)cc2)cc2cc(Cl)ccc21)c1ccccc1. The van der Waals surface area contributed by atoms with Gasteiger partial charge < -0.3 is 10.6 Å². The first-order valence-corrected chi connectivity index (χ1v) is 11.1. The number of amides is 3. The summed E-state index contributed by atoms with van der Waals surface area (Å²) in [5, 5.41) is 7.03. The van der Waals surface area contributed by atoms with Gasteiger partial charge in [-0.15, -0.1) is 0 Å². The van der Waals surface area contributed by atoms with Crippen molar-refractivity contribution in [1.29, 1.82) is 0 Å². The Balaban J connectivity index is 1.59. The van der Waals surface area contributed by atoms with Gasteiger partial charge in [-0.25, -0.2) is 4.68 Å². The van der Waals surface area contributed by atoms with Crippen LogP contribution in [0, 0.1) is 0 Å². The third-order valence-corrected chi connectivity index (χ3v) is 5.65. The minimum atomic E-state index is -0.921. The lowest BCUT2D eigenvalue weighted by Gasteiger charge is -2.16. The van der Waals surface area contributed by atoms with Crippen molar-refractivity contribution in [3.8, 4) is 0 Å². The number of nitrogens with zero attached hydrogens (tertiary/aromatic N) is 1. The van der Waals surface area contributed by atoms with Crippen molar-refractivity contribution < 1.29 is 14.4 Å². The molecule has 3 amide bonds. The average molecular weight is 495 g/mol. The lowest BCUT2D eigenvalue weighted by Crippen LogP contribution is -2.40. The molecule has 0 spiro atoms. The summed E-state index contributed by atoms with van der Waals surface area (Å²) in [6.45, 7) is 1.78. The van der Waals surface area contributed by atoms with Crippen LogP contribution in [0.2, 0.25) is 10.0 Å². The molecule has 34 heavy (non-hydrogen) atoms. The number of carbonyl (C=O) groups is 3. The maximum atomic E-state index is 13.0. The van der Waals surface area contributed by atoms with E-state index in [1.807, 2.05) is 30.3 Å². The van der Waals surface area contributed by atoms with E-state index in [9.17, 15) is 14.4 Å². The van der Waals surface area contributed by atoms with Crippen LogP contribution in [0.15, 0.2) is 78.9 Å². The van der Waals surface area contributed by atoms with Crippen LogP contribution in [0.5, 0.6) is 0 Å². The maximum absolute atomic E-state index is 13.0. The number of benzene rings is 3. The molecule has 0 saturated carbocycles. The van der Waals surface area contributed by atoms with Gasteiger partial charge in [-0.3, -0.25) is 19.8 Å². The highest BCUT2D eigenvalue weighted by atomic mass is 35.5. The average Bonchev–Trinajstić information content (AvgIpc) is 3.18. The summed E-state index contributed by atoms with van der Waals surface area (Å²) in [7, 11) is 0. The summed E-state index contributed by atoms with van der Waals surface area (Å²) in [4.78, 5) is 38.4. The molecule has 0 saturated heterocycles. The molecule has 9 heteroatoms. The molecule has 0 aliphatic carbocycles. The van der Waals surface area contributed by atoms with Gasteiger partial charge in [0, 0.05) is 21.1 Å². The third-order valence-electron chi connectivity index (χ3n) is 5.17. The fourth-order valence-corrected chi connectivity index (χ4v) is 3.75. The number of carbonyl (C=O) groups excluding carboxylic acids is 3. The first kappa shape index (κ1) is 23.4. The van der Waals surface area contributed by atoms with Crippen LogP contribution in [0.3, 0.4) is 0 Å². The Bertz CT molecular complexity index is 1370. The Kier molecular flexibility index (Phi) is 6.86. The minimum absolute atomic E-state index is 0.115. The molecule has 0 aliphatic heterocycles. The number of anilines is 1. The predicted molar refractivity (Wildman–Crippen MR) is 134 cm³/mol. The summed E-state index contributed by atoms with van der Waals surface area (Å²) in [5.74, 6) is -2.25. The van der Waals surface area contributed by atoms with Crippen LogP contribution in [-0.2, 0) is 9.59 Å². The van der Waals surface area contributed by atoms with Gasteiger partial charge in [-0.1, -0.05) is 53.5 Å². The molecule has 3 N–H and O–H groups in total. The van der Waals surface area contributed by atoms with Crippen LogP contribution in [0.1, 0.15) is 29.0 Å². The van der Waals surface area contributed by atoms with E-state index in [-0.39, 0.29) is 11.7 Å². The standard InChI is InChI=1S/C25H20Cl2N4O3/c1-15(16-5-3-2-4-6-16)28-24(33)25(34)30-31-21-12-9-19(27)13-17(21)14-22(31)23(32)29-20-10-7-18(26)8-11-20/h2-15H,1H3,(H,28,33)(H,29,32)(H,30,34)/t15-/m0/s1. The number of hydrogen-bond acceptors (Lipinski definition) is 3. The van der Waals surface area contributed by atoms with Crippen LogP contribution in [0.25, 0.3) is 10.9 Å². The van der Waals surface area contributed by atoms with E-state index in [0.29, 0.717) is 26.6 Å². The van der Waals surface area contributed by atoms with Crippen molar-refractivity contribution in [2.45, 2.75) is 13.0 Å². The first-order chi connectivity index (χ1) is 16.3. The zero-order valence-electron chi connectivity index (χ0n) is 18.0. The van der Waals surface area contributed by atoms with E-state index >= 15 is 0 Å². The Labute approximate surface area is 205 Å². The summed E-state index contributed by atoms with van der Waals surface area (Å²) in [6, 6.07) is 22.0. The quantitative estimate of drug-likeness (QED) is 0.335. The van der Waals surface area contributed by atoms with E-state index in [1.165, 1.54) is 4.68 Å². The highest BCUT2D eigenvalue weighted by molar-refractivity contribution is 6.38. The van der Waals surface area contributed by atoms with E-state index in [4.69, 9.17) is 23.2 Å². The van der Waals surface area contributed by atoms with Crippen molar-refractivity contribution in [3.05, 3.63) is 100 Å². The molecule has 0 bridgehead atoms. The Morgan fingerprint density at radius 3 is 2.21 bits per heavy atom. The van der Waals surface area contributed by atoms with Crippen molar-refractivity contribution in [3.63, 3.8) is 0 Å². The zero-order valence-corrected chi connectivity index (χ0v) is 19.5. The van der Waals surface area contributed by atoms with Crippen LogP contribution < -0.4 is 16.1 Å². The molecule has 1 heterocycles. The molecule has 1 atom stereocenters. The lowest BCUT2D eigenvalue weighted by molar-refractivity contribution is -0.137. The van der Waals surface area contributed by atoms with Gasteiger partial charge in [-0.05, 0) is 61.0 Å². The second-order valence-electron chi connectivity index (χ2n) is 7.58. The topological polar surface area (TPSA) is 92.2 Å². The molecular weight excluding hydrogens is 475 g/mol. The number of fused-ring (bicyclic) bond motifs is 1. The van der Waals surface area contributed by atoms with E-state index < -0.39 is 17.7 Å². The lowest BCUT2D eigenvalue weighted by atomic mass is 10.1. The molecule has 0 fully saturated rings. The molecule has 0 aliphatic rings. The molecule has 4 aromatic rings. The third kappa shape index (κ3) is 5.22. The van der Waals surface area contributed by atoms with Gasteiger partial charge in [0.05, 0.1) is 11.6 Å². The summed E-state index contributed by atoms with van der Waals surface area (Å²) >= 11 is 12.0. The van der Waals surface area contributed by atoms with Crippen molar-refractivity contribution in [2.24, 2.45) is 0 Å². The second kappa shape index (κ2) is 9.99. The summed E-state index contributed by atoms with van der Waals surface area (Å²) in [6.07, 6.45) is 0. The second-order valence-corrected chi connectivity index (χ2v) is 8.45. The Morgan fingerprint density at radius 2 is 1.50 bits per heavy atom. The molecule has 0 radical (unpaired) electrons. The highest BCUT2D eigenvalue weighted by Crippen LogP contribution is 2.24. The van der Waals surface area contributed by atoms with E-state index in [2.05, 4.69) is 16.1 Å². The molecule has 0 unspecified atom stereocenters. The minimum Gasteiger partial charge on any atom is -0.341 e. The summed E-state index contributed by atoms with van der Waals surface area (Å²) < 4.78 is 1.27. The van der Waals surface area contributed by atoms with Gasteiger partial charge in [0.1, 0.15) is 5.69 Å². The number of nitrogens with one attached hydrogen (secondary N) is 3. The first-order valence-electron chi connectivity index (χ1n) is 10.4. The Hall–Kier alpha value is -3.81. The van der Waals surface area contributed by atoms with E-state index in [0.717, 1.165) is 5.56 Å². The van der Waals surface area contributed by atoms with Crippen LogP contribution in [0.4, 0.5) is 5.69 Å². The number of halogens is 2. The molecule has 172 valence electrons. The van der Waals surface area contributed by atoms with Gasteiger partial charge in [0.2, 0.25) is 0 Å². The van der Waals surface area contributed by atoms with Crippen molar-refractivity contribution in [2.75, 3.05) is 10.7 Å². The fraction of sp³-hybridized carbons (Fsp3) is 0.0800. The number of aromatic nitrogens is 1. The van der Waals surface area contributed by atoms with Gasteiger partial charge >= 0.3 is 11.8 Å². The number of hydrogen-bond donors (Lipinski definition) is 3. The normalized spacial score (nSPS) is 11.6. The fourth-order valence-electron chi connectivity index (χ4n) is 3.44. The zero-order chi connectivity index (χ0) is 24.2. The molecule has 4 rings (SSSR count). The molecule has 1 aromatic heterocycles. The van der Waals surface area contributed by atoms with Crippen molar-refractivity contribution in [1.82, 2.24) is 9.99 Å². The highest BCUT2D eigenvalue weighted by Gasteiger charge is 2.22. The summed E-state index contributed by atoms with van der Waals surface area (Å²) in [5.41, 5.74) is 4.52. The predicted octanol–water partition coefficient (Wildman–Crippen LogP) is 5.15. The van der Waals surface area contributed by atoms with Crippen LogP contribution >= 0.6 is 23.2 Å². The maximum Gasteiger partial charge on any atom is 0.328 e. The van der Waals surface area contributed by atoms with Crippen molar-refractivity contribution >= 4 is 57.5 Å². The molecule has 7 nitrogen and oxygen atoms in total.